The van der Waals surface area contributed by atoms with Crippen LogP contribution in [0.1, 0.15) is 19.4 Å². The molecule has 0 unspecified atom stereocenters. The number of rotatable bonds is 7. The Kier molecular flexibility index (Phi) is 10.5. The standard InChI is InChI=1S/C15H25N3O3.HI/c1-6-16-15(17-7-2)18-10-11-8-12(19-3)14(21-5)13(9-11)20-4;/h8-9H,6-7,10H2,1-5H3,(H2,16,17,18);1H. The average Bonchev–Trinajstić information content (AvgIpc) is 2.51. The lowest BCUT2D eigenvalue weighted by Gasteiger charge is -2.14. The van der Waals surface area contributed by atoms with Crippen LogP contribution in [0.4, 0.5) is 0 Å². The van der Waals surface area contributed by atoms with Gasteiger partial charge in [0.15, 0.2) is 17.5 Å². The van der Waals surface area contributed by atoms with E-state index in [4.69, 9.17) is 14.2 Å². The molecule has 0 spiro atoms. The van der Waals surface area contributed by atoms with Gasteiger partial charge in [-0.3, -0.25) is 0 Å². The summed E-state index contributed by atoms with van der Waals surface area (Å²) in [6.45, 7) is 6.23. The molecule has 0 amide bonds. The maximum absolute atomic E-state index is 5.34. The van der Waals surface area contributed by atoms with Gasteiger partial charge in [-0.15, -0.1) is 24.0 Å². The summed E-state index contributed by atoms with van der Waals surface area (Å²) in [6.07, 6.45) is 0. The van der Waals surface area contributed by atoms with E-state index < -0.39 is 0 Å². The van der Waals surface area contributed by atoms with Gasteiger partial charge < -0.3 is 24.8 Å². The molecular formula is C15H26IN3O3. The van der Waals surface area contributed by atoms with Crippen LogP contribution in [-0.4, -0.2) is 40.4 Å². The predicted molar refractivity (Wildman–Crippen MR) is 100 cm³/mol. The van der Waals surface area contributed by atoms with Gasteiger partial charge in [0.25, 0.3) is 0 Å². The zero-order chi connectivity index (χ0) is 15.7. The summed E-state index contributed by atoms with van der Waals surface area (Å²) >= 11 is 0. The van der Waals surface area contributed by atoms with E-state index >= 15 is 0 Å². The van der Waals surface area contributed by atoms with Crippen molar-refractivity contribution >= 4 is 29.9 Å². The Hall–Kier alpha value is -1.38. The van der Waals surface area contributed by atoms with Crippen molar-refractivity contribution < 1.29 is 14.2 Å². The number of ether oxygens (including phenoxy) is 3. The molecule has 0 saturated carbocycles. The fraction of sp³-hybridized carbons (Fsp3) is 0.533. The van der Waals surface area contributed by atoms with E-state index in [1.807, 2.05) is 26.0 Å². The van der Waals surface area contributed by atoms with E-state index in [1.165, 1.54) is 0 Å². The monoisotopic (exact) mass is 423 g/mol. The Morgan fingerprint density at radius 3 is 1.82 bits per heavy atom. The van der Waals surface area contributed by atoms with Gasteiger partial charge in [0.05, 0.1) is 27.9 Å². The molecule has 7 heteroatoms. The molecular weight excluding hydrogens is 397 g/mol. The predicted octanol–water partition coefficient (Wildman–Crippen LogP) is 2.41. The summed E-state index contributed by atoms with van der Waals surface area (Å²) in [6, 6.07) is 3.81. The highest BCUT2D eigenvalue weighted by atomic mass is 127. The summed E-state index contributed by atoms with van der Waals surface area (Å²) in [4.78, 5) is 4.52. The number of methoxy groups -OCH3 is 3. The minimum atomic E-state index is 0. The second kappa shape index (κ2) is 11.2. The lowest BCUT2D eigenvalue weighted by atomic mass is 10.2. The molecule has 0 radical (unpaired) electrons. The molecule has 2 N–H and O–H groups in total. The first-order chi connectivity index (χ1) is 10.2. The van der Waals surface area contributed by atoms with Crippen LogP contribution in [0.2, 0.25) is 0 Å². The maximum atomic E-state index is 5.34. The lowest BCUT2D eigenvalue weighted by Crippen LogP contribution is -2.36. The molecule has 0 aliphatic rings. The fourth-order valence-corrected chi connectivity index (χ4v) is 1.91. The third-order valence-corrected chi connectivity index (χ3v) is 2.83. The van der Waals surface area contributed by atoms with Crippen molar-refractivity contribution in [2.24, 2.45) is 4.99 Å². The van der Waals surface area contributed by atoms with Crippen LogP contribution in [0.5, 0.6) is 17.2 Å². The van der Waals surface area contributed by atoms with Crippen LogP contribution in [0.25, 0.3) is 0 Å². The van der Waals surface area contributed by atoms with Crippen molar-refractivity contribution in [2.45, 2.75) is 20.4 Å². The van der Waals surface area contributed by atoms with Crippen molar-refractivity contribution in [3.05, 3.63) is 17.7 Å². The number of nitrogens with zero attached hydrogens (tertiary/aromatic N) is 1. The van der Waals surface area contributed by atoms with Gasteiger partial charge in [0, 0.05) is 13.1 Å². The van der Waals surface area contributed by atoms with Crippen molar-refractivity contribution in [1.82, 2.24) is 10.6 Å². The number of guanidine groups is 1. The van der Waals surface area contributed by atoms with Gasteiger partial charge >= 0.3 is 0 Å². The van der Waals surface area contributed by atoms with Gasteiger partial charge in [-0.05, 0) is 31.5 Å². The molecule has 0 heterocycles. The minimum absolute atomic E-state index is 0. The van der Waals surface area contributed by atoms with E-state index in [2.05, 4.69) is 15.6 Å². The molecule has 1 aromatic rings. The highest BCUT2D eigenvalue weighted by molar-refractivity contribution is 14.0. The number of benzene rings is 1. The van der Waals surface area contributed by atoms with E-state index in [-0.39, 0.29) is 24.0 Å². The highest BCUT2D eigenvalue weighted by Crippen LogP contribution is 2.38. The van der Waals surface area contributed by atoms with Crippen molar-refractivity contribution in [3.8, 4) is 17.2 Å². The molecule has 0 aliphatic carbocycles. The summed E-state index contributed by atoms with van der Waals surface area (Å²) in [5.41, 5.74) is 0.984. The third-order valence-electron chi connectivity index (χ3n) is 2.83. The molecule has 22 heavy (non-hydrogen) atoms. The highest BCUT2D eigenvalue weighted by Gasteiger charge is 2.12. The van der Waals surface area contributed by atoms with E-state index in [0.29, 0.717) is 23.8 Å². The summed E-state index contributed by atoms with van der Waals surface area (Å²) in [7, 11) is 4.80. The molecule has 126 valence electrons. The number of aliphatic imine (C=N–C) groups is 1. The van der Waals surface area contributed by atoms with E-state index in [9.17, 15) is 0 Å². The molecule has 6 nitrogen and oxygen atoms in total. The molecule has 0 fully saturated rings. The number of hydrogen-bond acceptors (Lipinski definition) is 4. The summed E-state index contributed by atoms with van der Waals surface area (Å²) < 4.78 is 16.0. The van der Waals surface area contributed by atoms with Crippen molar-refractivity contribution in [2.75, 3.05) is 34.4 Å². The second-order valence-corrected chi connectivity index (χ2v) is 4.26. The zero-order valence-electron chi connectivity index (χ0n) is 13.9. The van der Waals surface area contributed by atoms with Crippen LogP contribution in [0.15, 0.2) is 17.1 Å². The Labute approximate surface area is 149 Å². The van der Waals surface area contributed by atoms with Crippen LogP contribution in [0.3, 0.4) is 0 Å². The third kappa shape index (κ3) is 5.78. The van der Waals surface area contributed by atoms with Crippen molar-refractivity contribution in [3.63, 3.8) is 0 Å². The molecule has 0 aromatic heterocycles. The van der Waals surface area contributed by atoms with Crippen LogP contribution < -0.4 is 24.8 Å². The van der Waals surface area contributed by atoms with Crippen LogP contribution in [0, 0.1) is 0 Å². The smallest absolute Gasteiger partial charge is 0.203 e. The van der Waals surface area contributed by atoms with E-state index in [0.717, 1.165) is 24.6 Å². The maximum Gasteiger partial charge on any atom is 0.203 e. The minimum Gasteiger partial charge on any atom is -0.493 e. The van der Waals surface area contributed by atoms with Crippen LogP contribution >= 0.6 is 24.0 Å². The topological polar surface area (TPSA) is 64.1 Å². The first kappa shape index (κ1) is 20.6. The van der Waals surface area contributed by atoms with Gasteiger partial charge in [-0.2, -0.15) is 0 Å². The Balaban J connectivity index is 0.00000441. The molecule has 1 rings (SSSR count). The number of halogens is 1. The van der Waals surface area contributed by atoms with Gasteiger partial charge in [-0.25, -0.2) is 4.99 Å². The quantitative estimate of drug-likeness (QED) is 0.401. The summed E-state index contributed by atoms with van der Waals surface area (Å²) in [5.74, 6) is 2.64. The Morgan fingerprint density at radius 1 is 0.955 bits per heavy atom. The number of nitrogens with one attached hydrogen (secondary N) is 2. The second-order valence-electron chi connectivity index (χ2n) is 4.26. The van der Waals surface area contributed by atoms with Gasteiger partial charge in [0.1, 0.15) is 0 Å². The van der Waals surface area contributed by atoms with Gasteiger partial charge in [-0.1, -0.05) is 0 Å². The Bertz CT molecular complexity index is 448. The fourth-order valence-electron chi connectivity index (χ4n) is 1.91. The molecule has 1 aromatic carbocycles. The Morgan fingerprint density at radius 2 is 1.45 bits per heavy atom. The molecule has 0 bridgehead atoms. The summed E-state index contributed by atoms with van der Waals surface area (Å²) in [5, 5.41) is 6.37. The normalized spacial score (nSPS) is 9.32. The van der Waals surface area contributed by atoms with E-state index in [1.54, 1.807) is 21.3 Å². The first-order valence-corrected chi connectivity index (χ1v) is 7.01. The van der Waals surface area contributed by atoms with Gasteiger partial charge in [0.2, 0.25) is 5.75 Å². The SMILES string of the molecule is CCNC(=NCc1cc(OC)c(OC)c(OC)c1)NCC.I. The molecule has 0 atom stereocenters. The average molecular weight is 423 g/mol. The first-order valence-electron chi connectivity index (χ1n) is 7.01. The largest absolute Gasteiger partial charge is 0.493 e. The zero-order valence-corrected chi connectivity index (χ0v) is 16.2. The lowest BCUT2D eigenvalue weighted by molar-refractivity contribution is 0.324. The number of hydrogen-bond donors (Lipinski definition) is 2. The van der Waals surface area contributed by atoms with Crippen molar-refractivity contribution in [1.29, 1.82) is 0 Å². The molecule has 0 saturated heterocycles. The molecule has 0 aliphatic heterocycles. The van der Waals surface area contributed by atoms with Crippen LogP contribution in [-0.2, 0) is 6.54 Å².